The van der Waals surface area contributed by atoms with Crippen LogP contribution in [0.3, 0.4) is 0 Å². The molecule has 0 atom stereocenters. The molecule has 0 bridgehead atoms. The van der Waals surface area contributed by atoms with Gasteiger partial charge >= 0.3 is 0 Å². The lowest BCUT2D eigenvalue weighted by Gasteiger charge is -2.08. The SMILES string of the molecule is CCCOc1cncc(-c2cc(F)ccc2O)c1. The van der Waals surface area contributed by atoms with Crippen LogP contribution in [-0.2, 0) is 0 Å². The van der Waals surface area contributed by atoms with Crippen molar-refractivity contribution in [3.63, 3.8) is 0 Å². The van der Waals surface area contributed by atoms with E-state index in [2.05, 4.69) is 4.98 Å². The van der Waals surface area contributed by atoms with Crippen LogP contribution in [0.5, 0.6) is 11.5 Å². The van der Waals surface area contributed by atoms with E-state index in [1.165, 1.54) is 18.2 Å². The normalized spacial score (nSPS) is 10.3. The van der Waals surface area contributed by atoms with Crippen molar-refractivity contribution in [1.82, 2.24) is 4.98 Å². The number of hydrogen-bond acceptors (Lipinski definition) is 3. The molecule has 1 aromatic carbocycles. The van der Waals surface area contributed by atoms with Crippen molar-refractivity contribution in [2.45, 2.75) is 13.3 Å². The fraction of sp³-hybridized carbons (Fsp3) is 0.214. The minimum atomic E-state index is -0.400. The monoisotopic (exact) mass is 247 g/mol. The van der Waals surface area contributed by atoms with Crippen molar-refractivity contribution in [3.8, 4) is 22.6 Å². The number of phenols is 1. The Morgan fingerprint density at radius 2 is 2.11 bits per heavy atom. The molecule has 1 N–H and O–H groups in total. The van der Waals surface area contributed by atoms with Gasteiger partial charge in [0.25, 0.3) is 0 Å². The zero-order chi connectivity index (χ0) is 13.0. The number of aromatic hydroxyl groups is 1. The van der Waals surface area contributed by atoms with E-state index in [0.29, 0.717) is 23.5 Å². The van der Waals surface area contributed by atoms with Gasteiger partial charge in [0, 0.05) is 17.3 Å². The van der Waals surface area contributed by atoms with Crippen LogP contribution < -0.4 is 4.74 Å². The second-order valence-corrected chi connectivity index (χ2v) is 3.92. The van der Waals surface area contributed by atoms with Crippen molar-refractivity contribution in [1.29, 1.82) is 0 Å². The number of hydrogen-bond donors (Lipinski definition) is 1. The third-order valence-corrected chi connectivity index (χ3v) is 2.46. The molecular weight excluding hydrogens is 233 g/mol. The number of nitrogens with zero attached hydrogens (tertiary/aromatic N) is 1. The quantitative estimate of drug-likeness (QED) is 0.900. The van der Waals surface area contributed by atoms with Gasteiger partial charge in [-0.1, -0.05) is 6.92 Å². The summed E-state index contributed by atoms with van der Waals surface area (Å²) in [5, 5.41) is 9.72. The van der Waals surface area contributed by atoms with Gasteiger partial charge in [0.2, 0.25) is 0 Å². The Balaban J connectivity index is 2.35. The van der Waals surface area contributed by atoms with E-state index in [-0.39, 0.29) is 5.75 Å². The van der Waals surface area contributed by atoms with Crippen LogP contribution in [0.1, 0.15) is 13.3 Å². The Labute approximate surface area is 105 Å². The van der Waals surface area contributed by atoms with Crippen LogP contribution in [0.4, 0.5) is 4.39 Å². The Kier molecular flexibility index (Phi) is 3.77. The lowest BCUT2D eigenvalue weighted by atomic mass is 10.1. The molecule has 0 radical (unpaired) electrons. The number of aromatic nitrogens is 1. The second kappa shape index (κ2) is 5.49. The van der Waals surface area contributed by atoms with Crippen molar-refractivity contribution in [3.05, 3.63) is 42.5 Å². The van der Waals surface area contributed by atoms with E-state index in [4.69, 9.17) is 4.74 Å². The summed E-state index contributed by atoms with van der Waals surface area (Å²) in [5.74, 6) is 0.228. The van der Waals surface area contributed by atoms with Crippen LogP contribution >= 0.6 is 0 Å². The zero-order valence-electron chi connectivity index (χ0n) is 10.1. The molecule has 94 valence electrons. The number of rotatable bonds is 4. The maximum Gasteiger partial charge on any atom is 0.138 e. The standard InChI is InChI=1S/C14H14FNO2/c1-2-5-18-12-6-10(8-16-9-12)13-7-11(15)3-4-14(13)17/h3-4,6-9,17H,2,5H2,1H3. The lowest BCUT2D eigenvalue weighted by molar-refractivity contribution is 0.316. The summed E-state index contributed by atoms with van der Waals surface area (Å²) >= 11 is 0. The summed E-state index contributed by atoms with van der Waals surface area (Å²) in [7, 11) is 0. The zero-order valence-corrected chi connectivity index (χ0v) is 10.1. The first-order chi connectivity index (χ1) is 8.70. The Bertz CT molecular complexity index is 543. The molecule has 2 rings (SSSR count). The van der Waals surface area contributed by atoms with Crippen molar-refractivity contribution >= 4 is 0 Å². The average Bonchev–Trinajstić information content (AvgIpc) is 2.39. The summed E-state index contributed by atoms with van der Waals surface area (Å²) in [6.45, 7) is 2.61. The first kappa shape index (κ1) is 12.4. The van der Waals surface area contributed by atoms with Crippen LogP contribution in [0, 0.1) is 5.82 Å². The molecule has 3 nitrogen and oxygen atoms in total. The van der Waals surface area contributed by atoms with E-state index in [1.54, 1.807) is 18.5 Å². The molecule has 0 aliphatic heterocycles. The predicted molar refractivity (Wildman–Crippen MR) is 67.1 cm³/mol. The summed E-state index contributed by atoms with van der Waals surface area (Å²) in [4.78, 5) is 4.03. The molecule has 2 aromatic rings. The van der Waals surface area contributed by atoms with E-state index in [1.807, 2.05) is 6.92 Å². The highest BCUT2D eigenvalue weighted by molar-refractivity contribution is 5.70. The van der Waals surface area contributed by atoms with Gasteiger partial charge in [0.05, 0.1) is 12.8 Å². The molecule has 0 unspecified atom stereocenters. The van der Waals surface area contributed by atoms with Crippen LogP contribution in [0.15, 0.2) is 36.7 Å². The number of phenolic OH excluding ortho intramolecular Hbond substituents is 1. The van der Waals surface area contributed by atoms with Gasteiger partial charge in [-0.15, -0.1) is 0 Å². The summed E-state index contributed by atoms with van der Waals surface area (Å²) < 4.78 is 18.6. The first-order valence-electron chi connectivity index (χ1n) is 5.77. The summed E-state index contributed by atoms with van der Waals surface area (Å²) in [6.07, 6.45) is 4.05. The molecule has 18 heavy (non-hydrogen) atoms. The lowest BCUT2D eigenvalue weighted by Crippen LogP contribution is -1.95. The van der Waals surface area contributed by atoms with Gasteiger partial charge in [-0.2, -0.15) is 0 Å². The second-order valence-electron chi connectivity index (χ2n) is 3.92. The molecule has 0 aliphatic carbocycles. The summed E-state index contributed by atoms with van der Waals surface area (Å²) in [6, 6.07) is 5.54. The molecule has 0 amide bonds. The van der Waals surface area contributed by atoms with Crippen LogP contribution in [0.2, 0.25) is 0 Å². The fourth-order valence-corrected chi connectivity index (χ4v) is 1.60. The third kappa shape index (κ3) is 2.77. The highest BCUT2D eigenvalue weighted by Crippen LogP contribution is 2.30. The Morgan fingerprint density at radius 1 is 1.28 bits per heavy atom. The molecule has 0 fully saturated rings. The number of pyridine rings is 1. The number of benzene rings is 1. The molecule has 0 spiro atoms. The van der Waals surface area contributed by atoms with E-state index in [0.717, 1.165) is 6.42 Å². The highest BCUT2D eigenvalue weighted by Gasteiger charge is 2.07. The van der Waals surface area contributed by atoms with Crippen molar-refractivity contribution < 1.29 is 14.2 Å². The predicted octanol–water partition coefficient (Wildman–Crippen LogP) is 3.38. The third-order valence-electron chi connectivity index (χ3n) is 2.46. The molecule has 4 heteroatoms. The van der Waals surface area contributed by atoms with Crippen molar-refractivity contribution in [2.24, 2.45) is 0 Å². The molecular formula is C14H14FNO2. The van der Waals surface area contributed by atoms with Gasteiger partial charge < -0.3 is 9.84 Å². The average molecular weight is 247 g/mol. The van der Waals surface area contributed by atoms with E-state index < -0.39 is 5.82 Å². The Hall–Kier alpha value is -2.10. The summed E-state index contributed by atoms with van der Waals surface area (Å²) in [5.41, 5.74) is 1.03. The highest BCUT2D eigenvalue weighted by atomic mass is 19.1. The fourth-order valence-electron chi connectivity index (χ4n) is 1.60. The molecule has 0 saturated heterocycles. The van der Waals surface area contributed by atoms with E-state index >= 15 is 0 Å². The molecule has 1 heterocycles. The minimum Gasteiger partial charge on any atom is -0.507 e. The van der Waals surface area contributed by atoms with Crippen LogP contribution in [-0.4, -0.2) is 16.7 Å². The van der Waals surface area contributed by atoms with Gasteiger partial charge in [0.1, 0.15) is 17.3 Å². The number of halogens is 1. The first-order valence-corrected chi connectivity index (χ1v) is 5.77. The molecule has 0 aliphatic rings. The van der Waals surface area contributed by atoms with Gasteiger partial charge in [-0.3, -0.25) is 4.98 Å². The van der Waals surface area contributed by atoms with E-state index in [9.17, 15) is 9.50 Å². The topological polar surface area (TPSA) is 42.4 Å². The van der Waals surface area contributed by atoms with Gasteiger partial charge in [-0.05, 0) is 30.7 Å². The maximum absolute atomic E-state index is 13.2. The van der Waals surface area contributed by atoms with Gasteiger partial charge in [-0.25, -0.2) is 4.39 Å². The van der Waals surface area contributed by atoms with Crippen molar-refractivity contribution in [2.75, 3.05) is 6.61 Å². The number of ether oxygens (including phenoxy) is 1. The largest absolute Gasteiger partial charge is 0.507 e. The molecule has 0 saturated carbocycles. The molecule has 1 aromatic heterocycles. The van der Waals surface area contributed by atoms with Gasteiger partial charge in [0.15, 0.2) is 0 Å². The minimum absolute atomic E-state index is 0.0193. The smallest absolute Gasteiger partial charge is 0.138 e. The Morgan fingerprint density at radius 3 is 2.89 bits per heavy atom. The maximum atomic E-state index is 13.2. The van der Waals surface area contributed by atoms with Crippen LogP contribution in [0.25, 0.3) is 11.1 Å².